The standard InChI is InChI=1S/C29H34N4O/c1-29(2)24-11-10-23(21-6-8-22(9-7-21)28(34)32(3)4)18-27(24)31-26-12-5-20(17-25(26)29)19-33-15-13-30-14-16-33/h5-12,17-18,30-31H,13-16,19H2,1-4H3. The molecule has 5 rings (SSSR count). The van der Waals surface area contributed by atoms with E-state index in [0.29, 0.717) is 5.56 Å². The number of hydrogen-bond acceptors (Lipinski definition) is 4. The van der Waals surface area contributed by atoms with Crippen LogP contribution in [0.25, 0.3) is 11.1 Å². The summed E-state index contributed by atoms with van der Waals surface area (Å²) in [5.41, 5.74) is 9.24. The van der Waals surface area contributed by atoms with Crippen molar-refractivity contribution in [1.29, 1.82) is 0 Å². The van der Waals surface area contributed by atoms with Crippen molar-refractivity contribution in [3.8, 4) is 11.1 Å². The Balaban J connectivity index is 1.42. The van der Waals surface area contributed by atoms with Crippen molar-refractivity contribution in [1.82, 2.24) is 15.1 Å². The van der Waals surface area contributed by atoms with Gasteiger partial charge in [-0.3, -0.25) is 9.69 Å². The third-order valence-corrected chi connectivity index (χ3v) is 7.21. The van der Waals surface area contributed by atoms with Crippen molar-refractivity contribution < 1.29 is 4.79 Å². The first kappa shape index (κ1) is 22.6. The molecule has 0 aromatic heterocycles. The van der Waals surface area contributed by atoms with Gasteiger partial charge in [0.2, 0.25) is 0 Å². The number of hydrogen-bond donors (Lipinski definition) is 2. The number of nitrogens with one attached hydrogen (secondary N) is 2. The molecule has 1 saturated heterocycles. The van der Waals surface area contributed by atoms with Crippen molar-refractivity contribution in [2.45, 2.75) is 25.8 Å². The second-order valence-electron chi connectivity index (χ2n) is 10.2. The van der Waals surface area contributed by atoms with Gasteiger partial charge in [-0.05, 0) is 52.1 Å². The average Bonchev–Trinajstić information content (AvgIpc) is 2.84. The average molecular weight is 455 g/mol. The quantitative estimate of drug-likeness (QED) is 0.592. The monoisotopic (exact) mass is 454 g/mol. The van der Waals surface area contributed by atoms with Gasteiger partial charge in [-0.15, -0.1) is 0 Å². The predicted octanol–water partition coefficient (Wildman–Crippen LogP) is 4.84. The van der Waals surface area contributed by atoms with Crippen LogP contribution in [0.5, 0.6) is 0 Å². The Morgan fingerprint density at radius 1 is 0.882 bits per heavy atom. The summed E-state index contributed by atoms with van der Waals surface area (Å²) in [5.74, 6) is 0.0216. The van der Waals surface area contributed by atoms with E-state index < -0.39 is 0 Å². The van der Waals surface area contributed by atoms with Gasteiger partial charge < -0.3 is 15.5 Å². The van der Waals surface area contributed by atoms with Crippen molar-refractivity contribution in [2.75, 3.05) is 45.6 Å². The Hall–Kier alpha value is -3.15. The number of piperazine rings is 1. The minimum Gasteiger partial charge on any atom is -0.355 e. The molecule has 0 bridgehead atoms. The normalized spacial score (nSPS) is 16.8. The molecule has 0 spiro atoms. The fourth-order valence-corrected chi connectivity index (χ4v) is 5.17. The lowest BCUT2D eigenvalue weighted by Gasteiger charge is -2.37. The third kappa shape index (κ3) is 4.22. The van der Waals surface area contributed by atoms with Crippen LogP contribution in [0, 0.1) is 0 Å². The molecule has 1 fully saturated rings. The molecule has 3 aromatic rings. The molecule has 0 aliphatic carbocycles. The summed E-state index contributed by atoms with van der Waals surface area (Å²) in [4.78, 5) is 16.3. The number of carbonyl (C=O) groups is 1. The molecule has 2 heterocycles. The minimum absolute atomic E-state index is 0.0216. The van der Waals surface area contributed by atoms with Gasteiger partial charge in [0.05, 0.1) is 0 Å². The third-order valence-electron chi connectivity index (χ3n) is 7.21. The van der Waals surface area contributed by atoms with Gasteiger partial charge in [0, 0.05) is 69.2 Å². The highest BCUT2D eigenvalue weighted by molar-refractivity contribution is 5.94. The number of benzene rings is 3. The van der Waals surface area contributed by atoms with Crippen LogP contribution in [0.1, 0.15) is 40.9 Å². The summed E-state index contributed by atoms with van der Waals surface area (Å²) < 4.78 is 0. The van der Waals surface area contributed by atoms with Gasteiger partial charge in [-0.25, -0.2) is 0 Å². The summed E-state index contributed by atoms with van der Waals surface area (Å²) in [5, 5.41) is 7.13. The number of carbonyl (C=O) groups excluding carboxylic acids is 1. The summed E-state index contributed by atoms with van der Waals surface area (Å²) in [6.45, 7) is 10.0. The van der Waals surface area contributed by atoms with Crippen LogP contribution in [-0.2, 0) is 12.0 Å². The first-order chi connectivity index (χ1) is 16.3. The number of amides is 1. The Bertz CT molecular complexity index is 1210. The Kier molecular flexibility index (Phi) is 5.92. The maximum Gasteiger partial charge on any atom is 0.253 e. The first-order valence-electron chi connectivity index (χ1n) is 12.1. The van der Waals surface area contributed by atoms with Gasteiger partial charge in [-0.1, -0.05) is 50.2 Å². The van der Waals surface area contributed by atoms with Crippen molar-refractivity contribution >= 4 is 17.3 Å². The van der Waals surface area contributed by atoms with Crippen LogP contribution in [0.3, 0.4) is 0 Å². The molecule has 2 aliphatic rings. The van der Waals surface area contributed by atoms with E-state index in [4.69, 9.17) is 0 Å². The lowest BCUT2D eigenvalue weighted by Crippen LogP contribution is -2.42. The highest BCUT2D eigenvalue weighted by Gasteiger charge is 2.33. The zero-order valence-corrected chi connectivity index (χ0v) is 20.6. The summed E-state index contributed by atoms with van der Waals surface area (Å²) in [6.07, 6.45) is 0. The lowest BCUT2D eigenvalue weighted by atomic mass is 9.73. The van der Waals surface area contributed by atoms with E-state index in [2.05, 4.69) is 65.8 Å². The number of rotatable bonds is 4. The maximum atomic E-state index is 12.2. The van der Waals surface area contributed by atoms with E-state index in [0.717, 1.165) is 49.5 Å². The van der Waals surface area contributed by atoms with Gasteiger partial charge in [-0.2, -0.15) is 0 Å². The van der Waals surface area contributed by atoms with Crippen LogP contribution in [0.4, 0.5) is 11.4 Å². The number of fused-ring (bicyclic) bond motifs is 2. The molecular weight excluding hydrogens is 420 g/mol. The Labute approximate surface area is 202 Å². The molecular formula is C29H34N4O. The summed E-state index contributed by atoms with van der Waals surface area (Å²) in [6, 6.07) is 21.5. The molecule has 0 atom stereocenters. The molecule has 0 saturated carbocycles. The maximum absolute atomic E-state index is 12.2. The largest absolute Gasteiger partial charge is 0.355 e. The molecule has 34 heavy (non-hydrogen) atoms. The predicted molar refractivity (Wildman–Crippen MR) is 140 cm³/mol. The van der Waals surface area contributed by atoms with E-state index in [-0.39, 0.29) is 11.3 Å². The molecule has 5 nitrogen and oxygen atoms in total. The molecule has 5 heteroatoms. The van der Waals surface area contributed by atoms with Crippen LogP contribution in [0.15, 0.2) is 60.7 Å². The van der Waals surface area contributed by atoms with E-state index in [1.165, 1.54) is 22.4 Å². The Morgan fingerprint density at radius 2 is 1.59 bits per heavy atom. The lowest BCUT2D eigenvalue weighted by molar-refractivity contribution is 0.0827. The molecule has 1 amide bonds. The van der Waals surface area contributed by atoms with Gasteiger partial charge in [0.1, 0.15) is 0 Å². The highest BCUT2D eigenvalue weighted by Crippen LogP contribution is 2.46. The second-order valence-corrected chi connectivity index (χ2v) is 10.2. The van der Waals surface area contributed by atoms with Crippen LogP contribution in [-0.4, -0.2) is 56.0 Å². The smallest absolute Gasteiger partial charge is 0.253 e. The summed E-state index contributed by atoms with van der Waals surface area (Å²) in [7, 11) is 3.55. The SMILES string of the molecule is CN(C)C(=O)c1ccc(-c2ccc3c(c2)Nc2ccc(CN4CCNCC4)cc2C3(C)C)cc1. The van der Waals surface area contributed by atoms with Gasteiger partial charge >= 0.3 is 0 Å². The zero-order chi connectivity index (χ0) is 23.9. The minimum atomic E-state index is -0.0874. The van der Waals surface area contributed by atoms with E-state index in [1.54, 1.807) is 19.0 Å². The molecule has 0 radical (unpaired) electrons. The van der Waals surface area contributed by atoms with Crippen molar-refractivity contribution in [3.63, 3.8) is 0 Å². The molecule has 2 aliphatic heterocycles. The molecule has 176 valence electrons. The first-order valence-corrected chi connectivity index (χ1v) is 12.1. The Morgan fingerprint density at radius 3 is 2.29 bits per heavy atom. The summed E-state index contributed by atoms with van der Waals surface area (Å²) >= 11 is 0. The number of nitrogens with zero attached hydrogens (tertiary/aromatic N) is 2. The van der Waals surface area contributed by atoms with Gasteiger partial charge in [0.15, 0.2) is 0 Å². The van der Waals surface area contributed by atoms with Gasteiger partial charge in [0.25, 0.3) is 5.91 Å². The van der Waals surface area contributed by atoms with Crippen molar-refractivity contribution in [2.24, 2.45) is 0 Å². The second kappa shape index (κ2) is 8.90. The molecule has 2 N–H and O–H groups in total. The topological polar surface area (TPSA) is 47.6 Å². The highest BCUT2D eigenvalue weighted by atomic mass is 16.2. The fraction of sp³-hybridized carbons (Fsp3) is 0.345. The van der Waals surface area contributed by atoms with E-state index in [9.17, 15) is 4.79 Å². The molecule has 0 unspecified atom stereocenters. The van der Waals surface area contributed by atoms with Crippen LogP contribution in [0.2, 0.25) is 0 Å². The molecule has 3 aromatic carbocycles. The van der Waals surface area contributed by atoms with E-state index >= 15 is 0 Å². The van der Waals surface area contributed by atoms with Crippen LogP contribution >= 0.6 is 0 Å². The fourth-order valence-electron chi connectivity index (χ4n) is 5.17. The van der Waals surface area contributed by atoms with E-state index in [1.807, 2.05) is 24.3 Å². The van der Waals surface area contributed by atoms with Crippen LogP contribution < -0.4 is 10.6 Å². The van der Waals surface area contributed by atoms with Crippen molar-refractivity contribution in [3.05, 3.63) is 82.9 Å². The zero-order valence-electron chi connectivity index (χ0n) is 20.6. The number of anilines is 2.